The second kappa shape index (κ2) is 12.7. The van der Waals surface area contributed by atoms with Crippen LogP contribution in [-0.2, 0) is 0 Å². The SMILES string of the molecule is CCOc1cc(C)c(-c2nc3ccccc3c(=O)n2N=Cc2cc(OC)c(OCC#N)c(Br)c2Br)cc1C(C)C. The molecule has 0 aliphatic heterocycles. The van der Waals surface area contributed by atoms with Gasteiger partial charge in [0.1, 0.15) is 11.8 Å². The number of para-hydroxylation sites is 1. The summed E-state index contributed by atoms with van der Waals surface area (Å²) in [6.45, 7) is 8.53. The molecule has 0 aliphatic rings. The van der Waals surface area contributed by atoms with Crippen molar-refractivity contribution in [1.82, 2.24) is 9.66 Å². The summed E-state index contributed by atoms with van der Waals surface area (Å²) in [5, 5.41) is 14.0. The van der Waals surface area contributed by atoms with Crippen molar-refractivity contribution >= 4 is 49.0 Å². The summed E-state index contributed by atoms with van der Waals surface area (Å²) in [7, 11) is 1.51. The van der Waals surface area contributed by atoms with E-state index in [9.17, 15) is 4.79 Å². The molecule has 8 nitrogen and oxygen atoms in total. The standard InChI is InChI=1S/C30H28Br2N4O4/c1-6-39-24-13-18(4)22(15-21(24)17(2)3)29-35-23-10-8-7-9-20(23)30(37)36(29)34-16-19-14-25(38-5)28(40-12-11-33)27(32)26(19)31/h7-10,13-17H,6,12H2,1-5H3. The predicted molar refractivity (Wildman–Crippen MR) is 164 cm³/mol. The van der Waals surface area contributed by atoms with E-state index in [0.717, 1.165) is 22.4 Å². The molecule has 1 aromatic heterocycles. The summed E-state index contributed by atoms with van der Waals surface area (Å²) in [5.74, 6) is 2.20. The van der Waals surface area contributed by atoms with E-state index in [2.05, 4.69) is 50.8 Å². The highest BCUT2D eigenvalue weighted by molar-refractivity contribution is 9.13. The summed E-state index contributed by atoms with van der Waals surface area (Å²) < 4.78 is 19.4. The summed E-state index contributed by atoms with van der Waals surface area (Å²) in [5.41, 5.74) is 3.61. The van der Waals surface area contributed by atoms with Gasteiger partial charge in [0.25, 0.3) is 5.56 Å². The van der Waals surface area contributed by atoms with Crippen molar-refractivity contribution in [3.05, 3.63) is 78.5 Å². The molecule has 10 heteroatoms. The zero-order valence-corrected chi connectivity index (χ0v) is 26.0. The van der Waals surface area contributed by atoms with Crippen LogP contribution in [0.2, 0.25) is 0 Å². The van der Waals surface area contributed by atoms with Crippen molar-refractivity contribution in [2.45, 2.75) is 33.6 Å². The number of methoxy groups -OCH3 is 1. The Bertz CT molecular complexity index is 1710. The molecule has 0 saturated carbocycles. The van der Waals surface area contributed by atoms with Gasteiger partial charge in [-0.15, -0.1) is 0 Å². The monoisotopic (exact) mass is 666 g/mol. The number of benzene rings is 3. The molecule has 40 heavy (non-hydrogen) atoms. The smallest absolute Gasteiger partial charge is 0.282 e. The van der Waals surface area contributed by atoms with Crippen LogP contribution in [0.3, 0.4) is 0 Å². The molecule has 0 atom stereocenters. The fourth-order valence-corrected chi connectivity index (χ4v) is 5.22. The van der Waals surface area contributed by atoms with Crippen molar-refractivity contribution in [3.63, 3.8) is 0 Å². The fraction of sp³-hybridized carbons (Fsp3) is 0.267. The first-order valence-electron chi connectivity index (χ1n) is 12.6. The summed E-state index contributed by atoms with van der Waals surface area (Å²) in [4.78, 5) is 18.7. The van der Waals surface area contributed by atoms with E-state index in [1.165, 1.54) is 11.8 Å². The van der Waals surface area contributed by atoms with Gasteiger partial charge < -0.3 is 14.2 Å². The van der Waals surface area contributed by atoms with Crippen LogP contribution in [0.1, 0.15) is 43.4 Å². The van der Waals surface area contributed by atoms with E-state index in [4.69, 9.17) is 24.5 Å². The zero-order valence-electron chi connectivity index (χ0n) is 22.8. The van der Waals surface area contributed by atoms with Crippen LogP contribution in [0, 0.1) is 18.3 Å². The number of ether oxygens (including phenoxy) is 3. The Morgan fingerprint density at radius 3 is 2.55 bits per heavy atom. The normalized spacial score (nSPS) is 11.3. The predicted octanol–water partition coefficient (Wildman–Crippen LogP) is 7.21. The van der Waals surface area contributed by atoms with Crippen LogP contribution in [0.5, 0.6) is 17.2 Å². The average molecular weight is 668 g/mol. The van der Waals surface area contributed by atoms with E-state index in [0.29, 0.717) is 49.3 Å². The van der Waals surface area contributed by atoms with Gasteiger partial charge >= 0.3 is 0 Å². The molecule has 0 saturated heterocycles. The van der Waals surface area contributed by atoms with E-state index >= 15 is 0 Å². The first-order chi connectivity index (χ1) is 19.2. The largest absolute Gasteiger partial charge is 0.494 e. The van der Waals surface area contributed by atoms with Gasteiger partial charge in [-0.3, -0.25) is 4.79 Å². The minimum absolute atomic E-state index is 0.143. The molecule has 0 N–H and O–H groups in total. The number of nitrogens with zero attached hydrogens (tertiary/aromatic N) is 4. The first kappa shape index (κ1) is 29.3. The minimum Gasteiger partial charge on any atom is -0.494 e. The lowest BCUT2D eigenvalue weighted by atomic mass is 9.96. The van der Waals surface area contributed by atoms with Crippen molar-refractivity contribution in [2.75, 3.05) is 20.3 Å². The Balaban J connectivity index is 1.96. The highest BCUT2D eigenvalue weighted by Crippen LogP contribution is 2.42. The molecule has 0 radical (unpaired) electrons. The fourth-order valence-electron chi connectivity index (χ4n) is 4.29. The third-order valence-electron chi connectivity index (χ3n) is 6.24. The van der Waals surface area contributed by atoms with Crippen molar-refractivity contribution in [1.29, 1.82) is 5.26 Å². The lowest BCUT2D eigenvalue weighted by Crippen LogP contribution is -2.21. The maximum atomic E-state index is 13.8. The summed E-state index contributed by atoms with van der Waals surface area (Å²) in [6.07, 6.45) is 1.56. The summed E-state index contributed by atoms with van der Waals surface area (Å²) in [6, 6.07) is 14.9. The third kappa shape index (κ3) is 5.76. The van der Waals surface area contributed by atoms with Crippen molar-refractivity contribution in [2.24, 2.45) is 5.10 Å². The topological polar surface area (TPSA) is 98.7 Å². The number of aryl methyl sites for hydroxylation is 1. The second-order valence-corrected chi connectivity index (χ2v) is 10.8. The maximum absolute atomic E-state index is 13.8. The number of halogens is 2. The number of hydrogen-bond acceptors (Lipinski definition) is 7. The zero-order chi connectivity index (χ0) is 29.0. The maximum Gasteiger partial charge on any atom is 0.282 e. The number of hydrogen-bond donors (Lipinski definition) is 0. The molecule has 0 fully saturated rings. The van der Waals surface area contributed by atoms with Crippen molar-refractivity contribution in [3.8, 4) is 34.7 Å². The van der Waals surface area contributed by atoms with E-state index in [-0.39, 0.29) is 18.1 Å². The molecule has 0 bridgehead atoms. The molecule has 0 spiro atoms. The van der Waals surface area contributed by atoms with Crippen LogP contribution in [0.15, 0.2) is 61.3 Å². The molecule has 206 valence electrons. The number of nitriles is 1. The van der Waals surface area contributed by atoms with Crippen LogP contribution >= 0.6 is 31.9 Å². The lowest BCUT2D eigenvalue weighted by molar-refractivity contribution is 0.327. The average Bonchev–Trinajstić information content (AvgIpc) is 2.94. The molecular weight excluding hydrogens is 640 g/mol. The number of fused-ring (bicyclic) bond motifs is 1. The van der Waals surface area contributed by atoms with E-state index < -0.39 is 0 Å². The molecule has 1 heterocycles. The molecule has 0 aliphatic carbocycles. The minimum atomic E-state index is -0.299. The first-order valence-corrected chi connectivity index (χ1v) is 14.2. The van der Waals surface area contributed by atoms with Gasteiger partial charge in [-0.05, 0) is 93.1 Å². The van der Waals surface area contributed by atoms with Gasteiger partial charge in [0, 0.05) is 15.6 Å². The highest BCUT2D eigenvalue weighted by atomic mass is 79.9. The molecule has 4 rings (SSSR count). The number of aromatic nitrogens is 2. The molecular formula is C30H28Br2N4O4. The molecule has 0 unspecified atom stereocenters. The van der Waals surface area contributed by atoms with Crippen LogP contribution < -0.4 is 19.8 Å². The van der Waals surface area contributed by atoms with E-state index in [1.54, 1.807) is 24.4 Å². The summed E-state index contributed by atoms with van der Waals surface area (Å²) >= 11 is 7.08. The Morgan fingerprint density at radius 2 is 1.88 bits per heavy atom. The van der Waals surface area contributed by atoms with Crippen LogP contribution in [0.25, 0.3) is 22.3 Å². The van der Waals surface area contributed by atoms with Gasteiger partial charge in [-0.25, -0.2) is 4.98 Å². The number of rotatable bonds is 9. The van der Waals surface area contributed by atoms with Gasteiger partial charge in [0.2, 0.25) is 0 Å². The Kier molecular flexibility index (Phi) is 9.28. The highest BCUT2D eigenvalue weighted by Gasteiger charge is 2.20. The van der Waals surface area contributed by atoms with E-state index in [1.807, 2.05) is 44.2 Å². The molecule has 0 amide bonds. The quantitative estimate of drug-likeness (QED) is 0.175. The molecule has 3 aromatic carbocycles. The lowest BCUT2D eigenvalue weighted by Gasteiger charge is -2.18. The van der Waals surface area contributed by atoms with Gasteiger partial charge in [-0.2, -0.15) is 15.0 Å². The Hall–Kier alpha value is -3.68. The second-order valence-electron chi connectivity index (χ2n) is 9.18. The van der Waals surface area contributed by atoms with Crippen molar-refractivity contribution < 1.29 is 14.2 Å². The van der Waals surface area contributed by atoms with Crippen LogP contribution in [-0.4, -0.2) is 36.2 Å². The van der Waals surface area contributed by atoms with Crippen LogP contribution in [0.4, 0.5) is 0 Å². The van der Waals surface area contributed by atoms with Gasteiger partial charge in [0.15, 0.2) is 23.9 Å². The molecule has 4 aromatic rings. The van der Waals surface area contributed by atoms with Gasteiger partial charge in [0.05, 0.1) is 35.3 Å². The Morgan fingerprint density at radius 1 is 1.12 bits per heavy atom. The third-order valence-corrected chi connectivity index (χ3v) is 8.39. The Labute approximate surface area is 249 Å². The van der Waals surface area contributed by atoms with Gasteiger partial charge in [-0.1, -0.05) is 26.0 Å².